The van der Waals surface area contributed by atoms with Crippen molar-refractivity contribution in [2.24, 2.45) is 5.73 Å². The number of ether oxygens (including phenoxy) is 1. The first-order valence-corrected chi connectivity index (χ1v) is 8.70. The molecule has 0 aromatic heterocycles. The number of hydrogen-bond acceptors (Lipinski definition) is 3. The number of halogens is 1. The smallest absolute Gasteiger partial charge is 0.260 e. The van der Waals surface area contributed by atoms with E-state index >= 15 is 0 Å². The maximum Gasteiger partial charge on any atom is 0.260 e. The van der Waals surface area contributed by atoms with E-state index in [0.29, 0.717) is 5.92 Å². The van der Waals surface area contributed by atoms with Gasteiger partial charge in [-0.05, 0) is 62.6 Å². The highest BCUT2D eigenvalue weighted by atomic mass is 35.5. The summed E-state index contributed by atoms with van der Waals surface area (Å²) in [7, 11) is 0. The Kier molecular flexibility index (Phi) is 8.04. The summed E-state index contributed by atoms with van der Waals surface area (Å²) in [5.41, 5.74) is 8.19. The van der Waals surface area contributed by atoms with Gasteiger partial charge in [0.25, 0.3) is 5.91 Å². The van der Waals surface area contributed by atoms with Crippen molar-refractivity contribution in [3.63, 3.8) is 0 Å². The van der Waals surface area contributed by atoms with E-state index in [1.54, 1.807) is 0 Å². The lowest BCUT2D eigenvalue weighted by Crippen LogP contribution is -2.45. The minimum atomic E-state index is -0.495. The Morgan fingerprint density at radius 1 is 1.21 bits per heavy atom. The number of aryl methyl sites for hydroxylation is 1. The predicted molar refractivity (Wildman–Crippen MR) is 101 cm³/mol. The van der Waals surface area contributed by atoms with Crippen LogP contribution in [0.1, 0.15) is 63.5 Å². The highest BCUT2D eigenvalue weighted by Gasteiger charge is 2.23. The van der Waals surface area contributed by atoms with Crippen molar-refractivity contribution in [2.45, 2.75) is 77.5 Å². The molecule has 1 atom stereocenters. The van der Waals surface area contributed by atoms with E-state index in [0.717, 1.165) is 42.6 Å². The van der Waals surface area contributed by atoms with Crippen LogP contribution in [0.25, 0.3) is 0 Å². The van der Waals surface area contributed by atoms with Crippen molar-refractivity contribution >= 4 is 18.3 Å². The molecule has 0 saturated heterocycles. The second kappa shape index (κ2) is 9.28. The van der Waals surface area contributed by atoms with Crippen molar-refractivity contribution in [1.82, 2.24) is 5.32 Å². The van der Waals surface area contributed by atoms with E-state index in [4.69, 9.17) is 10.5 Å². The van der Waals surface area contributed by atoms with Crippen molar-refractivity contribution in [1.29, 1.82) is 0 Å². The third-order valence-electron chi connectivity index (χ3n) is 4.58. The van der Waals surface area contributed by atoms with Crippen LogP contribution >= 0.6 is 12.4 Å². The van der Waals surface area contributed by atoms with E-state index in [2.05, 4.69) is 31.3 Å². The maximum atomic E-state index is 12.4. The third kappa shape index (κ3) is 5.67. The molecule has 0 spiro atoms. The molecule has 0 bridgehead atoms. The Bertz CT molecular complexity index is 540. The zero-order valence-electron chi connectivity index (χ0n) is 15.2. The molecule has 1 unspecified atom stereocenters. The Balaban J connectivity index is 0.00000288. The van der Waals surface area contributed by atoms with Gasteiger partial charge in [-0.3, -0.25) is 4.79 Å². The first-order valence-electron chi connectivity index (χ1n) is 8.70. The fraction of sp³-hybridized carbons (Fsp3) is 0.632. The summed E-state index contributed by atoms with van der Waals surface area (Å²) in [4.78, 5) is 12.4. The first-order chi connectivity index (χ1) is 10.9. The van der Waals surface area contributed by atoms with Crippen LogP contribution in [0.5, 0.6) is 5.75 Å². The largest absolute Gasteiger partial charge is 0.481 e. The van der Waals surface area contributed by atoms with Crippen LogP contribution in [0, 0.1) is 6.92 Å². The van der Waals surface area contributed by atoms with E-state index in [9.17, 15) is 4.79 Å². The van der Waals surface area contributed by atoms with Crippen LogP contribution in [0.2, 0.25) is 0 Å². The molecule has 1 aromatic carbocycles. The molecule has 4 nitrogen and oxygen atoms in total. The summed E-state index contributed by atoms with van der Waals surface area (Å²) in [6.07, 6.45) is 3.39. The molecule has 3 N–H and O–H groups in total. The van der Waals surface area contributed by atoms with Crippen molar-refractivity contribution in [3.8, 4) is 5.75 Å². The van der Waals surface area contributed by atoms with Crippen molar-refractivity contribution < 1.29 is 9.53 Å². The minimum absolute atomic E-state index is 0. The van der Waals surface area contributed by atoms with Crippen LogP contribution in [0.4, 0.5) is 0 Å². The van der Waals surface area contributed by atoms with Gasteiger partial charge in [0.15, 0.2) is 6.10 Å². The Hall–Kier alpha value is -1.26. The van der Waals surface area contributed by atoms with Crippen molar-refractivity contribution in [3.05, 3.63) is 29.3 Å². The number of nitrogens with one attached hydrogen (secondary N) is 1. The van der Waals surface area contributed by atoms with Crippen LogP contribution in [0.15, 0.2) is 18.2 Å². The molecule has 0 heterocycles. The second-order valence-corrected chi connectivity index (χ2v) is 7.08. The summed E-state index contributed by atoms with van der Waals surface area (Å²) >= 11 is 0. The fourth-order valence-corrected chi connectivity index (χ4v) is 3.05. The zero-order valence-corrected chi connectivity index (χ0v) is 16.0. The maximum absolute atomic E-state index is 12.4. The molecule has 1 aliphatic rings. The normalized spacial score (nSPS) is 21.8. The molecule has 1 aromatic rings. The van der Waals surface area contributed by atoms with Gasteiger partial charge in [0.2, 0.25) is 0 Å². The molecule has 24 heavy (non-hydrogen) atoms. The number of carbonyl (C=O) groups is 1. The lowest BCUT2D eigenvalue weighted by molar-refractivity contribution is -0.128. The summed E-state index contributed by atoms with van der Waals surface area (Å²) < 4.78 is 5.98. The lowest BCUT2D eigenvalue weighted by atomic mass is 9.92. The molecule has 1 amide bonds. The monoisotopic (exact) mass is 354 g/mol. The van der Waals surface area contributed by atoms with Crippen LogP contribution < -0.4 is 15.8 Å². The molecular weight excluding hydrogens is 324 g/mol. The first kappa shape index (κ1) is 20.8. The average molecular weight is 355 g/mol. The highest BCUT2D eigenvalue weighted by Crippen LogP contribution is 2.28. The Labute approximate surface area is 151 Å². The lowest BCUT2D eigenvalue weighted by Gasteiger charge is -2.28. The number of amides is 1. The van der Waals surface area contributed by atoms with Crippen LogP contribution in [-0.2, 0) is 4.79 Å². The number of nitrogens with two attached hydrogens (primary N) is 1. The van der Waals surface area contributed by atoms with E-state index in [1.807, 2.05) is 19.9 Å². The number of rotatable bonds is 5. The molecule has 136 valence electrons. The summed E-state index contributed by atoms with van der Waals surface area (Å²) in [6.45, 7) is 8.12. The average Bonchev–Trinajstić information content (AvgIpc) is 2.49. The highest BCUT2D eigenvalue weighted by molar-refractivity contribution is 5.85. The molecule has 1 saturated carbocycles. The predicted octanol–water partition coefficient (Wildman–Crippen LogP) is 3.69. The fourth-order valence-electron chi connectivity index (χ4n) is 3.05. The molecule has 2 rings (SSSR count). The topological polar surface area (TPSA) is 64.3 Å². The van der Waals surface area contributed by atoms with Gasteiger partial charge >= 0.3 is 0 Å². The summed E-state index contributed by atoms with van der Waals surface area (Å²) in [5, 5.41) is 3.10. The van der Waals surface area contributed by atoms with Gasteiger partial charge in [0.05, 0.1) is 0 Å². The molecule has 5 heteroatoms. The van der Waals surface area contributed by atoms with Crippen LogP contribution in [-0.4, -0.2) is 24.1 Å². The van der Waals surface area contributed by atoms with Gasteiger partial charge in [-0.25, -0.2) is 0 Å². The van der Waals surface area contributed by atoms with Crippen LogP contribution in [0.3, 0.4) is 0 Å². The molecule has 1 fully saturated rings. The SMILES string of the molecule is Cc1ccc(C(C)C)c(OC(C)C(=O)NC2CCC(N)CC2)c1.Cl. The minimum Gasteiger partial charge on any atom is -0.481 e. The van der Waals surface area contributed by atoms with Gasteiger partial charge in [0.1, 0.15) is 5.75 Å². The van der Waals surface area contributed by atoms with E-state index in [1.165, 1.54) is 0 Å². The molecular formula is C19H31ClN2O2. The quantitative estimate of drug-likeness (QED) is 0.847. The number of carbonyl (C=O) groups excluding carboxylic acids is 1. The second-order valence-electron chi connectivity index (χ2n) is 7.08. The Morgan fingerprint density at radius 3 is 2.42 bits per heavy atom. The number of benzene rings is 1. The van der Waals surface area contributed by atoms with Gasteiger partial charge in [-0.15, -0.1) is 12.4 Å². The number of hydrogen-bond donors (Lipinski definition) is 2. The van der Waals surface area contributed by atoms with E-state index in [-0.39, 0.29) is 30.4 Å². The summed E-state index contributed by atoms with van der Waals surface area (Å²) in [5.74, 6) is 1.13. The molecule has 1 aliphatic carbocycles. The van der Waals surface area contributed by atoms with Gasteiger partial charge in [-0.1, -0.05) is 26.0 Å². The van der Waals surface area contributed by atoms with Gasteiger partial charge in [0, 0.05) is 12.1 Å². The molecule has 0 radical (unpaired) electrons. The standard InChI is InChI=1S/C19H30N2O2.ClH/c1-12(2)17-10-5-13(3)11-18(17)23-14(4)19(22)21-16-8-6-15(20)7-9-16;/h5,10-12,14-16H,6-9,20H2,1-4H3,(H,21,22);1H. The molecule has 0 aliphatic heterocycles. The summed E-state index contributed by atoms with van der Waals surface area (Å²) in [6, 6.07) is 6.70. The van der Waals surface area contributed by atoms with E-state index < -0.39 is 6.10 Å². The van der Waals surface area contributed by atoms with Gasteiger partial charge < -0.3 is 15.8 Å². The van der Waals surface area contributed by atoms with Crippen molar-refractivity contribution in [2.75, 3.05) is 0 Å². The zero-order chi connectivity index (χ0) is 17.0. The third-order valence-corrected chi connectivity index (χ3v) is 4.58. The van der Waals surface area contributed by atoms with Gasteiger partial charge in [-0.2, -0.15) is 0 Å². The Morgan fingerprint density at radius 2 is 1.83 bits per heavy atom.